The van der Waals surface area contributed by atoms with Crippen LogP contribution in [0.5, 0.6) is 11.5 Å². The highest BCUT2D eigenvalue weighted by molar-refractivity contribution is 6.26. The summed E-state index contributed by atoms with van der Waals surface area (Å²) in [7, 11) is 3.14. The van der Waals surface area contributed by atoms with Crippen LogP contribution in [-0.4, -0.2) is 25.8 Å². The lowest BCUT2D eigenvalue weighted by atomic mass is 9.82. The van der Waals surface area contributed by atoms with Crippen LogP contribution in [0.2, 0.25) is 0 Å². The van der Waals surface area contributed by atoms with Crippen molar-refractivity contribution >= 4 is 11.6 Å². The molecule has 3 rings (SSSR count). The molecule has 1 aliphatic rings. The number of hydrogen-bond donors (Lipinski definition) is 0. The lowest BCUT2D eigenvalue weighted by Gasteiger charge is -2.19. The molecule has 122 valence electrons. The number of fused-ring (bicyclic) bond motifs is 1. The summed E-state index contributed by atoms with van der Waals surface area (Å²) < 4.78 is 10.5. The van der Waals surface area contributed by atoms with E-state index in [1.165, 1.54) is 0 Å². The van der Waals surface area contributed by atoms with Crippen molar-refractivity contribution in [1.29, 1.82) is 0 Å². The maximum Gasteiger partial charge on any atom is 0.190 e. The maximum absolute atomic E-state index is 12.8. The molecule has 0 N–H and O–H groups in total. The maximum atomic E-state index is 12.8. The van der Waals surface area contributed by atoms with Crippen LogP contribution in [-0.2, 0) is 6.42 Å². The van der Waals surface area contributed by atoms with Crippen molar-refractivity contribution < 1.29 is 19.1 Å². The van der Waals surface area contributed by atoms with E-state index in [1.54, 1.807) is 51.5 Å². The lowest BCUT2D eigenvalue weighted by Crippen LogP contribution is -2.22. The molecule has 0 heterocycles. The van der Waals surface area contributed by atoms with Crippen molar-refractivity contribution in [3.63, 3.8) is 0 Å². The van der Waals surface area contributed by atoms with Gasteiger partial charge in [-0.1, -0.05) is 30.3 Å². The Labute approximate surface area is 140 Å². The molecule has 0 fully saturated rings. The van der Waals surface area contributed by atoms with Crippen LogP contribution in [0, 0.1) is 0 Å². The van der Waals surface area contributed by atoms with Crippen molar-refractivity contribution in [3.8, 4) is 11.5 Å². The number of carbonyl (C=O) groups excluding carboxylic acids is 2. The van der Waals surface area contributed by atoms with E-state index in [0.29, 0.717) is 40.2 Å². The summed E-state index contributed by atoms with van der Waals surface area (Å²) in [6.07, 6.45) is 0.380. The Morgan fingerprint density at radius 1 is 0.833 bits per heavy atom. The number of carbonyl (C=O) groups is 2. The molecule has 0 saturated carbocycles. The van der Waals surface area contributed by atoms with Gasteiger partial charge in [0.1, 0.15) is 0 Å². The van der Waals surface area contributed by atoms with Gasteiger partial charge in [0.15, 0.2) is 23.1 Å². The fourth-order valence-corrected chi connectivity index (χ4v) is 2.96. The largest absolute Gasteiger partial charge is 0.493 e. The SMILES string of the molecule is COc1ccc(CC2=C(C)C(=O)c3ccccc3C2=O)cc1OC. The fraction of sp³-hybridized carbons (Fsp3) is 0.200. The molecule has 1 aliphatic carbocycles. The summed E-state index contributed by atoms with van der Waals surface area (Å²) in [6.45, 7) is 1.71. The minimum atomic E-state index is -0.0857. The molecule has 0 saturated heterocycles. The molecule has 0 amide bonds. The minimum Gasteiger partial charge on any atom is -0.493 e. The number of Topliss-reactive ketones (excluding diaryl/α,β-unsaturated/α-hetero) is 2. The van der Waals surface area contributed by atoms with Crippen LogP contribution in [0.4, 0.5) is 0 Å². The first-order valence-corrected chi connectivity index (χ1v) is 7.66. The van der Waals surface area contributed by atoms with Gasteiger partial charge in [-0.2, -0.15) is 0 Å². The Balaban J connectivity index is 2.00. The second-order valence-electron chi connectivity index (χ2n) is 5.67. The van der Waals surface area contributed by atoms with Gasteiger partial charge in [-0.3, -0.25) is 9.59 Å². The zero-order valence-corrected chi connectivity index (χ0v) is 13.9. The molecule has 2 aromatic carbocycles. The van der Waals surface area contributed by atoms with Gasteiger partial charge in [-0.05, 0) is 24.6 Å². The van der Waals surface area contributed by atoms with E-state index < -0.39 is 0 Å². The zero-order chi connectivity index (χ0) is 17.3. The molecule has 0 bridgehead atoms. The molecule has 4 heteroatoms. The van der Waals surface area contributed by atoms with Gasteiger partial charge >= 0.3 is 0 Å². The smallest absolute Gasteiger partial charge is 0.190 e. The molecular weight excluding hydrogens is 304 g/mol. The average Bonchev–Trinajstić information content (AvgIpc) is 2.63. The minimum absolute atomic E-state index is 0.0827. The summed E-state index contributed by atoms with van der Waals surface area (Å²) in [5, 5.41) is 0. The summed E-state index contributed by atoms with van der Waals surface area (Å²) in [5.74, 6) is 1.06. The van der Waals surface area contributed by atoms with Gasteiger partial charge in [-0.25, -0.2) is 0 Å². The Hall–Kier alpha value is -2.88. The molecule has 0 aromatic heterocycles. The van der Waals surface area contributed by atoms with Crippen LogP contribution in [0.3, 0.4) is 0 Å². The van der Waals surface area contributed by atoms with Crippen LogP contribution in [0.1, 0.15) is 33.2 Å². The summed E-state index contributed by atoms with van der Waals surface area (Å²) in [5.41, 5.74) is 2.89. The standard InChI is InChI=1S/C20H18O4/c1-12-16(10-13-8-9-17(23-2)18(11-13)24-3)20(22)15-7-5-4-6-14(15)19(12)21/h4-9,11H,10H2,1-3H3. The predicted octanol–water partition coefficient (Wildman–Crippen LogP) is 3.64. The van der Waals surface area contributed by atoms with Gasteiger partial charge in [-0.15, -0.1) is 0 Å². The molecule has 4 nitrogen and oxygen atoms in total. The van der Waals surface area contributed by atoms with Crippen LogP contribution in [0.25, 0.3) is 0 Å². The van der Waals surface area contributed by atoms with Gasteiger partial charge < -0.3 is 9.47 Å². The molecule has 24 heavy (non-hydrogen) atoms. The molecule has 2 aromatic rings. The summed E-state index contributed by atoms with van der Waals surface area (Å²) in [4.78, 5) is 25.3. The second-order valence-corrected chi connectivity index (χ2v) is 5.67. The number of ether oxygens (including phenoxy) is 2. The fourth-order valence-electron chi connectivity index (χ4n) is 2.96. The van der Waals surface area contributed by atoms with Gasteiger partial charge in [0.25, 0.3) is 0 Å². The Morgan fingerprint density at radius 2 is 1.46 bits per heavy atom. The van der Waals surface area contributed by atoms with Crippen LogP contribution in [0.15, 0.2) is 53.6 Å². The first kappa shape index (κ1) is 16.0. The highest BCUT2D eigenvalue weighted by Crippen LogP contribution is 2.32. The second kappa shape index (κ2) is 6.32. The highest BCUT2D eigenvalue weighted by atomic mass is 16.5. The van der Waals surface area contributed by atoms with Crippen molar-refractivity contribution in [2.24, 2.45) is 0 Å². The molecule has 0 spiro atoms. The van der Waals surface area contributed by atoms with Crippen molar-refractivity contribution in [1.82, 2.24) is 0 Å². The third-order valence-electron chi connectivity index (χ3n) is 4.31. The van der Waals surface area contributed by atoms with Crippen molar-refractivity contribution in [3.05, 3.63) is 70.3 Å². The van der Waals surface area contributed by atoms with E-state index in [4.69, 9.17) is 9.47 Å². The van der Waals surface area contributed by atoms with Crippen molar-refractivity contribution in [2.75, 3.05) is 14.2 Å². The monoisotopic (exact) mass is 322 g/mol. The van der Waals surface area contributed by atoms with E-state index in [0.717, 1.165) is 5.56 Å². The normalized spacial score (nSPS) is 13.8. The van der Waals surface area contributed by atoms with Crippen LogP contribution < -0.4 is 9.47 Å². The highest BCUT2D eigenvalue weighted by Gasteiger charge is 2.29. The number of methoxy groups -OCH3 is 2. The molecular formula is C20H18O4. The van der Waals surface area contributed by atoms with Crippen molar-refractivity contribution in [2.45, 2.75) is 13.3 Å². The number of allylic oxidation sites excluding steroid dienone is 2. The molecule has 0 unspecified atom stereocenters. The van der Waals surface area contributed by atoms with Crippen LogP contribution >= 0.6 is 0 Å². The number of hydrogen-bond acceptors (Lipinski definition) is 4. The van der Waals surface area contributed by atoms with E-state index in [1.807, 2.05) is 12.1 Å². The summed E-state index contributed by atoms with van der Waals surface area (Å²) >= 11 is 0. The Morgan fingerprint density at radius 3 is 2.08 bits per heavy atom. The Bertz CT molecular complexity index is 862. The van der Waals surface area contributed by atoms with Gasteiger partial charge in [0.2, 0.25) is 0 Å². The van der Waals surface area contributed by atoms with E-state index in [-0.39, 0.29) is 11.6 Å². The first-order chi connectivity index (χ1) is 11.6. The Kier molecular flexibility index (Phi) is 4.21. The van der Waals surface area contributed by atoms with E-state index in [9.17, 15) is 9.59 Å². The average molecular weight is 322 g/mol. The molecule has 0 aliphatic heterocycles. The number of ketones is 2. The van der Waals surface area contributed by atoms with E-state index in [2.05, 4.69) is 0 Å². The molecule has 0 atom stereocenters. The molecule has 0 radical (unpaired) electrons. The van der Waals surface area contributed by atoms with Gasteiger partial charge in [0, 0.05) is 28.7 Å². The predicted molar refractivity (Wildman–Crippen MR) is 91.1 cm³/mol. The third-order valence-corrected chi connectivity index (χ3v) is 4.31. The topological polar surface area (TPSA) is 52.6 Å². The quantitative estimate of drug-likeness (QED) is 0.862. The summed E-state index contributed by atoms with van der Waals surface area (Å²) in [6, 6.07) is 12.5. The van der Waals surface area contributed by atoms with E-state index >= 15 is 0 Å². The lowest BCUT2D eigenvalue weighted by molar-refractivity contribution is 0.0973. The third kappa shape index (κ3) is 2.60. The van der Waals surface area contributed by atoms with Gasteiger partial charge in [0.05, 0.1) is 14.2 Å². The number of benzene rings is 2. The zero-order valence-electron chi connectivity index (χ0n) is 13.9. The first-order valence-electron chi connectivity index (χ1n) is 7.66. The number of rotatable bonds is 4.